The molecular formula is C45H64N8O12. The lowest BCUT2D eigenvalue weighted by atomic mass is 9.95. The Kier molecular flexibility index (Phi) is 21.3. The lowest BCUT2D eigenvalue weighted by Gasteiger charge is -2.33. The molecule has 2 aromatic rings. The van der Waals surface area contributed by atoms with Gasteiger partial charge in [0.15, 0.2) is 0 Å². The van der Waals surface area contributed by atoms with Crippen LogP contribution in [-0.2, 0) is 56.2 Å². The van der Waals surface area contributed by atoms with E-state index in [0.717, 1.165) is 23.1 Å². The van der Waals surface area contributed by atoms with E-state index in [1.165, 1.54) is 4.90 Å². The van der Waals surface area contributed by atoms with E-state index in [1.54, 1.807) is 27.7 Å². The molecule has 65 heavy (non-hydrogen) atoms. The van der Waals surface area contributed by atoms with Crippen LogP contribution in [0.5, 0.6) is 0 Å². The fourth-order valence-electron chi connectivity index (χ4n) is 7.04. The van der Waals surface area contributed by atoms with Gasteiger partial charge in [0.1, 0.15) is 30.2 Å². The summed E-state index contributed by atoms with van der Waals surface area (Å²) in [5.41, 5.74) is 4.41. The maximum atomic E-state index is 14.7. The van der Waals surface area contributed by atoms with Crippen molar-refractivity contribution in [2.24, 2.45) is 11.8 Å². The molecule has 0 unspecified atom stereocenters. The highest BCUT2D eigenvalue weighted by atomic mass is 16.5. The van der Waals surface area contributed by atoms with Gasteiger partial charge in [-0.1, -0.05) is 102 Å². The number of likely N-dealkylation sites (tertiary alicyclic amines) is 1. The molecule has 20 heteroatoms. The monoisotopic (exact) mass is 908 g/mol. The molecule has 1 aliphatic rings. The molecule has 0 radical (unpaired) electrons. The summed E-state index contributed by atoms with van der Waals surface area (Å²) in [6, 6.07) is 11.1. The van der Waals surface area contributed by atoms with Gasteiger partial charge in [-0.3, -0.25) is 43.8 Å². The van der Waals surface area contributed by atoms with Gasteiger partial charge < -0.3 is 46.4 Å². The zero-order chi connectivity index (χ0) is 48.2. The molecule has 7 atom stereocenters. The number of aliphatic carboxylic acids is 2. The molecule has 8 N–H and O–H groups in total. The normalized spacial score (nSPS) is 16.8. The molecule has 0 saturated carbocycles. The van der Waals surface area contributed by atoms with Crippen LogP contribution in [0.15, 0.2) is 60.7 Å². The number of carboxylic acid groups (broad SMARTS) is 2. The quantitative estimate of drug-likeness (QED) is 0.0701. The molecule has 356 valence electrons. The molecular weight excluding hydrogens is 845 g/mol. The molecule has 0 spiro atoms. The van der Waals surface area contributed by atoms with E-state index in [0.29, 0.717) is 12.8 Å². The number of benzene rings is 2. The van der Waals surface area contributed by atoms with Crippen LogP contribution in [0.1, 0.15) is 91.2 Å². The van der Waals surface area contributed by atoms with E-state index < -0.39 is 121 Å². The smallest absolute Gasteiger partial charge is 0.336 e. The average molecular weight is 909 g/mol. The first-order valence-corrected chi connectivity index (χ1v) is 21.8. The minimum absolute atomic E-state index is 0.0331. The van der Waals surface area contributed by atoms with Gasteiger partial charge in [0.25, 0.3) is 5.91 Å². The molecule has 3 rings (SSSR count). The van der Waals surface area contributed by atoms with E-state index in [2.05, 4.69) is 32.0 Å². The molecule has 8 amide bonds. The summed E-state index contributed by atoms with van der Waals surface area (Å²) < 4.78 is 6.21. The van der Waals surface area contributed by atoms with Crippen LogP contribution >= 0.6 is 0 Å². The number of amides is 8. The summed E-state index contributed by atoms with van der Waals surface area (Å²) in [7, 11) is 0. The highest BCUT2D eigenvalue weighted by Crippen LogP contribution is 2.25. The van der Waals surface area contributed by atoms with E-state index in [-0.39, 0.29) is 32.7 Å². The number of nitrogens with one attached hydrogen (secondary N) is 6. The molecule has 1 fully saturated rings. The molecule has 1 heterocycles. The number of hydrazine groups is 1. The Morgan fingerprint density at radius 1 is 0.769 bits per heavy atom. The molecule has 0 aromatic heterocycles. The zero-order valence-electron chi connectivity index (χ0n) is 37.8. The lowest BCUT2D eigenvalue weighted by molar-refractivity contribution is -0.144. The van der Waals surface area contributed by atoms with Gasteiger partial charge in [0.05, 0.1) is 19.1 Å². The second-order valence-corrected chi connectivity index (χ2v) is 16.4. The number of carbonyl (C=O) groups excluding carboxylic acids is 7. The van der Waals surface area contributed by atoms with Crippen LogP contribution in [0, 0.1) is 11.8 Å². The van der Waals surface area contributed by atoms with Gasteiger partial charge in [-0.2, -0.15) is 0 Å². The Bertz CT molecular complexity index is 1940. The molecule has 0 bridgehead atoms. The number of nitrogens with zero attached hydrogens (tertiary/aromatic N) is 2. The van der Waals surface area contributed by atoms with Crippen LogP contribution in [0.4, 0.5) is 4.79 Å². The Balaban J connectivity index is 1.88. The lowest BCUT2D eigenvalue weighted by Crippen LogP contribution is -2.61. The van der Waals surface area contributed by atoms with Crippen LogP contribution in [0.2, 0.25) is 0 Å². The van der Waals surface area contributed by atoms with Crippen LogP contribution in [0.25, 0.3) is 0 Å². The maximum Gasteiger partial charge on any atom is 0.336 e. The van der Waals surface area contributed by atoms with Crippen molar-refractivity contribution in [3.8, 4) is 0 Å². The van der Waals surface area contributed by atoms with Crippen LogP contribution in [0.3, 0.4) is 0 Å². The number of carboxylic acids is 2. The van der Waals surface area contributed by atoms with Gasteiger partial charge in [-0.05, 0) is 35.8 Å². The molecule has 1 saturated heterocycles. The number of hydrogen-bond donors (Lipinski definition) is 8. The number of rotatable bonds is 24. The summed E-state index contributed by atoms with van der Waals surface area (Å²) in [6.45, 7) is 10.2. The minimum atomic E-state index is -1.59. The van der Waals surface area contributed by atoms with Gasteiger partial charge in [-0.15, -0.1) is 0 Å². The third-order valence-corrected chi connectivity index (χ3v) is 10.8. The zero-order valence-corrected chi connectivity index (χ0v) is 37.8. The maximum absolute atomic E-state index is 14.7. The summed E-state index contributed by atoms with van der Waals surface area (Å²) in [6.07, 6.45) is -1.58. The largest absolute Gasteiger partial charge is 0.481 e. The summed E-state index contributed by atoms with van der Waals surface area (Å²) in [5, 5.41) is 32.5. The van der Waals surface area contributed by atoms with Crippen LogP contribution in [-0.4, -0.2) is 123 Å². The van der Waals surface area contributed by atoms with Crippen molar-refractivity contribution < 1.29 is 58.1 Å². The predicted octanol–water partition coefficient (Wildman–Crippen LogP) is 1.83. The molecule has 0 aliphatic carbocycles. The average Bonchev–Trinajstić information content (AvgIpc) is 3.71. The van der Waals surface area contributed by atoms with E-state index in [1.807, 2.05) is 67.6 Å². The van der Waals surface area contributed by atoms with Crippen molar-refractivity contribution in [2.45, 2.75) is 130 Å². The Morgan fingerprint density at radius 2 is 1.37 bits per heavy atom. The third-order valence-electron chi connectivity index (χ3n) is 10.8. The Hall–Kier alpha value is -6.57. The number of ether oxygens (including phenoxy) is 1. The predicted molar refractivity (Wildman–Crippen MR) is 236 cm³/mol. The molecule has 2 aromatic carbocycles. The Morgan fingerprint density at radius 3 is 1.92 bits per heavy atom. The fraction of sp³-hybridized carbons (Fsp3) is 0.533. The van der Waals surface area contributed by atoms with Crippen molar-refractivity contribution in [1.82, 2.24) is 41.9 Å². The number of carbonyl (C=O) groups is 9. The highest BCUT2D eigenvalue weighted by Gasteiger charge is 2.44. The first kappa shape index (κ1) is 52.8. The van der Waals surface area contributed by atoms with E-state index in [9.17, 15) is 53.4 Å². The summed E-state index contributed by atoms with van der Waals surface area (Å²) in [4.78, 5) is 119. The van der Waals surface area contributed by atoms with Gasteiger partial charge in [0, 0.05) is 39.4 Å². The van der Waals surface area contributed by atoms with E-state index >= 15 is 0 Å². The third kappa shape index (κ3) is 17.2. The summed E-state index contributed by atoms with van der Waals surface area (Å²) >= 11 is 0. The fourth-order valence-corrected chi connectivity index (χ4v) is 7.04. The topological polar surface area (TPSA) is 282 Å². The minimum Gasteiger partial charge on any atom is -0.481 e. The van der Waals surface area contributed by atoms with E-state index in [4.69, 9.17) is 4.74 Å². The van der Waals surface area contributed by atoms with Gasteiger partial charge in [0.2, 0.25) is 29.5 Å². The van der Waals surface area contributed by atoms with Crippen molar-refractivity contribution >= 4 is 53.4 Å². The van der Waals surface area contributed by atoms with Crippen LogP contribution < -0.4 is 32.0 Å². The van der Waals surface area contributed by atoms with Crippen molar-refractivity contribution in [2.75, 3.05) is 13.1 Å². The number of urea groups is 1. The Labute approximate surface area is 378 Å². The SMILES string of the molecule is CCCN(NC(=O)[C@@H]1C[C@@H](OCc2ccccc2)CN1C(=O)[C@@H](NC(=O)[C@@H](NC(=O)[C@@H](CCC(=O)O)NC(=O)[C@H](CC(=O)O)NC(C)=O)[C@@H](C)CC)C(C)C)C(=O)NCc1ccccc1. The van der Waals surface area contributed by atoms with Crippen molar-refractivity contribution in [3.63, 3.8) is 0 Å². The standard InChI is InChI=1S/C45H64N8O12/c1-7-21-53(45(64)46-24-30-15-11-9-12-16-30)51-42(61)35-22-32(65-26-31-17-13-10-14-18-31)25-52(35)44(63)38(27(3)4)49-43(62)39(28(5)8-2)50-40(59)33(19-20-36(55)56)48-41(60)34(23-37(57)58)47-29(6)54/h9-18,27-28,32-35,38-39H,7-8,19-26H2,1-6H3,(H,46,64)(H,47,54)(H,48,60)(H,49,62)(H,50,59)(H,51,61)(H,55,56)(H,57,58)/t28-,32+,33+,34-,35-,38-,39-/m0/s1. The second kappa shape index (κ2) is 26.3. The molecule has 20 nitrogen and oxygen atoms in total. The van der Waals surface area contributed by atoms with Gasteiger partial charge in [-0.25, -0.2) is 9.80 Å². The summed E-state index contributed by atoms with van der Waals surface area (Å²) in [5.74, 6) is -8.68. The first-order valence-electron chi connectivity index (χ1n) is 21.8. The number of hydrogen-bond acceptors (Lipinski definition) is 10. The van der Waals surface area contributed by atoms with Crippen molar-refractivity contribution in [1.29, 1.82) is 0 Å². The second-order valence-electron chi connectivity index (χ2n) is 16.4. The van der Waals surface area contributed by atoms with Gasteiger partial charge >= 0.3 is 18.0 Å². The first-order chi connectivity index (χ1) is 30.8. The molecule has 1 aliphatic heterocycles. The highest BCUT2D eigenvalue weighted by molar-refractivity contribution is 5.97. The van der Waals surface area contributed by atoms with Crippen molar-refractivity contribution in [3.05, 3.63) is 71.8 Å².